The number of aromatic hydroxyl groups is 2. The third-order valence-corrected chi connectivity index (χ3v) is 8.22. The Morgan fingerprint density at radius 2 is 0.804 bits per heavy atom. The lowest BCUT2D eigenvalue weighted by molar-refractivity contribution is 0.103. The van der Waals surface area contributed by atoms with Crippen LogP contribution in [-0.4, -0.2) is 23.1 Å². The summed E-state index contributed by atoms with van der Waals surface area (Å²) in [4.78, 5) is 12.9. The van der Waals surface area contributed by atoms with Crippen LogP contribution in [-0.2, 0) is 0 Å². The summed E-state index contributed by atoms with van der Waals surface area (Å²) >= 11 is 0. The number of benzene rings is 6. The molecule has 2 atom stereocenters. The fraction of sp³-hybridized carbons (Fsp3) is 0.0976. The van der Waals surface area contributed by atoms with E-state index in [1.165, 1.54) is 0 Å². The summed E-state index contributed by atoms with van der Waals surface area (Å²) in [7, 11) is 1.65. The molecule has 6 aromatic rings. The summed E-state index contributed by atoms with van der Waals surface area (Å²) in [6.07, 6.45) is 0. The van der Waals surface area contributed by atoms with Crippen molar-refractivity contribution < 1.29 is 24.5 Å². The summed E-state index contributed by atoms with van der Waals surface area (Å²) in [6.45, 7) is 2.00. The van der Waals surface area contributed by atoms with Gasteiger partial charge in [0.2, 0.25) is 0 Å². The van der Waals surface area contributed by atoms with E-state index >= 15 is 0 Å². The van der Waals surface area contributed by atoms with Crippen LogP contribution in [0.25, 0.3) is 0 Å². The molecule has 0 heterocycles. The van der Waals surface area contributed by atoms with Crippen LogP contribution < -0.4 is 9.47 Å². The first-order valence-corrected chi connectivity index (χ1v) is 15.1. The largest absolute Gasteiger partial charge is 0.508 e. The maximum atomic E-state index is 12.9. The Balaban J connectivity index is 1.31. The summed E-state index contributed by atoms with van der Waals surface area (Å²) in [5, 5.41) is 20.1. The summed E-state index contributed by atoms with van der Waals surface area (Å²) in [5.41, 5.74) is 6.53. The molecule has 46 heavy (non-hydrogen) atoms. The van der Waals surface area contributed by atoms with Crippen molar-refractivity contribution in [3.63, 3.8) is 0 Å². The Labute approximate surface area is 269 Å². The molecule has 0 aliphatic heterocycles. The molecule has 0 fully saturated rings. The maximum absolute atomic E-state index is 12.9. The van der Waals surface area contributed by atoms with E-state index < -0.39 is 0 Å². The van der Waals surface area contributed by atoms with Gasteiger partial charge in [0.25, 0.3) is 0 Å². The van der Waals surface area contributed by atoms with E-state index in [1.54, 1.807) is 55.6 Å². The smallest absolute Gasteiger partial charge is 0.193 e. The van der Waals surface area contributed by atoms with Gasteiger partial charge in [-0.15, -0.1) is 0 Å². The quantitative estimate of drug-likeness (QED) is 0.152. The fourth-order valence-corrected chi connectivity index (χ4v) is 5.75. The topological polar surface area (TPSA) is 76.0 Å². The molecule has 0 aliphatic carbocycles. The Morgan fingerprint density at radius 1 is 0.478 bits per heavy atom. The van der Waals surface area contributed by atoms with Crippen LogP contribution in [0.1, 0.15) is 55.6 Å². The van der Waals surface area contributed by atoms with Gasteiger partial charge < -0.3 is 19.7 Å². The third kappa shape index (κ3) is 6.79. The lowest BCUT2D eigenvalue weighted by Crippen LogP contribution is -2.15. The van der Waals surface area contributed by atoms with Crippen molar-refractivity contribution in [2.45, 2.75) is 18.8 Å². The molecule has 0 saturated carbocycles. The lowest BCUT2D eigenvalue weighted by atomic mass is 9.73. The predicted molar refractivity (Wildman–Crippen MR) is 180 cm³/mol. The van der Waals surface area contributed by atoms with Crippen LogP contribution in [0.2, 0.25) is 0 Å². The average Bonchev–Trinajstić information content (AvgIpc) is 3.09. The van der Waals surface area contributed by atoms with Crippen molar-refractivity contribution in [2.24, 2.45) is 0 Å². The molecule has 0 bridgehead atoms. The zero-order chi connectivity index (χ0) is 32.0. The van der Waals surface area contributed by atoms with Gasteiger partial charge >= 0.3 is 0 Å². The van der Waals surface area contributed by atoms with Crippen molar-refractivity contribution in [2.75, 3.05) is 7.11 Å². The lowest BCUT2D eigenvalue weighted by Gasteiger charge is -2.30. The number of ether oxygens (including phenoxy) is 2. The predicted octanol–water partition coefficient (Wildman–Crippen LogP) is 9.40. The van der Waals surface area contributed by atoms with E-state index in [0.717, 1.165) is 33.6 Å². The second-order valence-corrected chi connectivity index (χ2v) is 11.3. The van der Waals surface area contributed by atoms with Crippen molar-refractivity contribution in [3.8, 4) is 28.7 Å². The highest BCUT2D eigenvalue weighted by atomic mass is 16.5. The Kier molecular flexibility index (Phi) is 8.84. The van der Waals surface area contributed by atoms with E-state index in [1.807, 2.05) is 79.7 Å². The molecule has 0 spiro atoms. The Morgan fingerprint density at radius 3 is 1.20 bits per heavy atom. The van der Waals surface area contributed by atoms with Crippen LogP contribution in [0, 0.1) is 6.92 Å². The normalized spacial score (nSPS) is 12.2. The molecule has 6 rings (SSSR count). The van der Waals surface area contributed by atoms with Gasteiger partial charge in [0.05, 0.1) is 7.11 Å². The maximum Gasteiger partial charge on any atom is 0.193 e. The van der Waals surface area contributed by atoms with Gasteiger partial charge in [0.15, 0.2) is 5.78 Å². The molecule has 2 unspecified atom stereocenters. The molecule has 0 saturated heterocycles. The van der Waals surface area contributed by atoms with Crippen molar-refractivity contribution in [3.05, 3.63) is 185 Å². The monoisotopic (exact) mass is 606 g/mol. The van der Waals surface area contributed by atoms with Crippen LogP contribution in [0.15, 0.2) is 146 Å². The number of phenols is 2. The van der Waals surface area contributed by atoms with E-state index in [-0.39, 0.29) is 29.1 Å². The third-order valence-electron chi connectivity index (χ3n) is 8.22. The second-order valence-electron chi connectivity index (χ2n) is 11.3. The molecule has 6 aromatic carbocycles. The fourth-order valence-electron chi connectivity index (χ4n) is 5.75. The number of phenolic OH excluding ortho intramolecular Hbond substituents is 2. The van der Waals surface area contributed by atoms with Crippen LogP contribution >= 0.6 is 0 Å². The van der Waals surface area contributed by atoms with E-state index in [0.29, 0.717) is 22.6 Å². The van der Waals surface area contributed by atoms with Gasteiger partial charge in [-0.1, -0.05) is 78.4 Å². The van der Waals surface area contributed by atoms with Crippen molar-refractivity contribution in [1.82, 2.24) is 0 Å². The minimum atomic E-state index is -0.139. The average molecular weight is 607 g/mol. The second kappa shape index (κ2) is 13.4. The first-order valence-electron chi connectivity index (χ1n) is 15.1. The van der Waals surface area contributed by atoms with Gasteiger partial charge in [0.1, 0.15) is 28.7 Å². The van der Waals surface area contributed by atoms with Crippen molar-refractivity contribution in [1.29, 1.82) is 0 Å². The van der Waals surface area contributed by atoms with Gasteiger partial charge in [-0.05, 0) is 102 Å². The number of methoxy groups -OCH3 is 1. The van der Waals surface area contributed by atoms with Gasteiger partial charge in [-0.2, -0.15) is 0 Å². The van der Waals surface area contributed by atoms with Gasteiger partial charge in [0, 0.05) is 23.0 Å². The number of hydrogen-bond donors (Lipinski definition) is 2. The van der Waals surface area contributed by atoms with Crippen LogP contribution in [0.5, 0.6) is 28.7 Å². The highest BCUT2D eigenvalue weighted by Crippen LogP contribution is 2.44. The highest BCUT2D eigenvalue weighted by Gasteiger charge is 2.28. The zero-order valence-electron chi connectivity index (χ0n) is 25.6. The molecule has 228 valence electrons. The number of ketones is 1. The first kappa shape index (κ1) is 30.2. The number of carbonyl (C=O) groups is 1. The number of aryl methyl sites for hydroxylation is 1. The van der Waals surface area contributed by atoms with E-state index in [9.17, 15) is 15.0 Å². The molecular weight excluding hydrogens is 572 g/mol. The summed E-state index contributed by atoms with van der Waals surface area (Å²) in [6, 6.07) is 45.4. The minimum absolute atomic E-state index is 0.0313. The van der Waals surface area contributed by atoms with Gasteiger partial charge in [-0.25, -0.2) is 0 Å². The molecule has 0 radical (unpaired) electrons. The minimum Gasteiger partial charge on any atom is -0.508 e. The molecule has 0 aromatic heterocycles. The van der Waals surface area contributed by atoms with Crippen LogP contribution in [0.4, 0.5) is 0 Å². The summed E-state index contributed by atoms with van der Waals surface area (Å²) in [5.74, 6) is 2.16. The van der Waals surface area contributed by atoms with Crippen molar-refractivity contribution >= 4 is 5.78 Å². The Hall–Kier alpha value is -5.81. The molecule has 5 heteroatoms. The molecular formula is C41H34O5. The number of carbonyl (C=O) groups excluding carboxylic acids is 1. The highest BCUT2D eigenvalue weighted by molar-refractivity contribution is 6.09. The first-order chi connectivity index (χ1) is 22.4. The number of rotatable bonds is 10. The summed E-state index contributed by atoms with van der Waals surface area (Å²) < 4.78 is 11.6. The Bertz CT molecular complexity index is 1890. The molecule has 5 nitrogen and oxygen atoms in total. The molecule has 2 N–H and O–H groups in total. The van der Waals surface area contributed by atoms with Crippen LogP contribution in [0.3, 0.4) is 0 Å². The standard InChI is InChI=1S/C41H34O5/c1-27-3-5-32(6-4-27)41(44)33-15-25-38(26-16-33)46-37-23-13-31(14-24-37)40(29-9-19-35(43)20-10-29)39(28-7-17-34(42)18-8-28)30-11-21-36(45-2)22-12-30/h3-26,39-40,42-43H,1-2H3. The SMILES string of the molecule is COc1ccc(C(c2ccc(O)cc2)C(c2ccc(O)cc2)c2ccc(Oc3ccc(C(=O)c4ccc(C)cc4)cc3)cc2)cc1. The van der Waals surface area contributed by atoms with Gasteiger partial charge in [-0.3, -0.25) is 4.79 Å². The van der Waals surface area contributed by atoms with E-state index in [2.05, 4.69) is 24.3 Å². The molecule has 0 amide bonds. The number of hydrogen-bond acceptors (Lipinski definition) is 5. The zero-order valence-corrected chi connectivity index (χ0v) is 25.6. The van der Waals surface area contributed by atoms with E-state index in [4.69, 9.17) is 9.47 Å². The molecule has 0 aliphatic rings.